The summed E-state index contributed by atoms with van der Waals surface area (Å²) in [7, 11) is 0. The summed E-state index contributed by atoms with van der Waals surface area (Å²) in [5, 5.41) is 4.77. The van der Waals surface area contributed by atoms with Crippen molar-refractivity contribution in [2.24, 2.45) is 0 Å². The van der Waals surface area contributed by atoms with E-state index in [0.717, 1.165) is 44.6 Å². The summed E-state index contributed by atoms with van der Waals surface area (Å²) >= 11 is 1.85. The van der Waals surface area contributed by atoms with Crippen LogP contribution in [0.15, 0.2) is 192 Å². The van der Waals surface area contributed by atoms with Gasteiger partial charge in [0.1, 0.15) is 11.2 Å². The molecule has 2 heterocycles. The summed E-state index contributed by atoms with van der Waals surface area (Å²) in [6.45, 7) is 0. The van der Waals surface area contributed by atoms with E-state index in [1.54, 1.807) is 0 Å². The Kier molecular flexibility index (Phi) is 7.04. The van der Waals surface area contributed by atoms with Crippen LogP contribution in [0.1, 0.15) is 0 Å². The van der Waals surface area contributed by atoms with Crippen LogP contribution >= 0.6 is 11.3 Å². The molecular weight excluding hydrogens is 639 g/mol. The molecule has 51 heavy (non-hydrogen) atoms. The number of nitrogens with zero attached hydrogens (tertiary/aromatic N) is 1. The van der Waals surface area contributed by atoms with Crippen molar-refractivity contribution in [3.8, 4) is 33.4 Å². The number of benzene rings is 8. The van der Waals surface area contributed by atoms with Gasteiger partial charge in [0.15, 0.2) is 0 Å². The lowest BCUT2D eigenvalue weighted by Gasteiger charge is -2.27. The van der Waals surface area contributed by atoms with E-state index in [9.17, 15) is 0 Å². The van der Waals surface area contributed by atoms with Crippen molar-refractivity contribution < 1.29 is 4.42 Å². The summed E-state index contributed by atoms with van der Waals surface area (Å²) < 4.78 is 9.28. The standard InChI is InChI=1S/C48H31NOS/c1-3-12-32(13-4-1)34-22-26-36(27-23-34)49(37-28-24-35(25-29-37)33-14-5-2-6-15-33)38-30-43-39-16-7-9-20-45(39)50-47(43)44(31-38)42-19-11-18-41-40-17-8-10-21-46(40)51-48(41)42/h1-31H. The molecule has 240 valence electrons. The highest BCUT2D eigenvalue weighted by Crippen LogP contribution is 2.47. The second-order valence-corrected chi connectivity index (χ2v) is 14.0. The zero-order valence-electron chi connectivity index (χ0n) is 27.7. The number of para-hydroxylation sites is 1. The van der Waals surface area contributed by atoms with Crippen LogP contribution in [0, 0.1) is 0 Å². The largest absolute Gasteiger partial charge is 0.455 e. The molecule has 8 aromatic carbocycles. The van der Waals surface area contributed by atoms with Crippen LogP contribution in [0.25, 0.3) is 75.5 Å². The Labute approximate surface area is 300 Å². The first kappa shape index (κ1) is 29.5. The van der Waals surface area contributed by atoms with Gasteiger partial charge < -0.3 is 9.32 Å². The maximum atomic E-state index is 6.72. The van der Waals surface area contributed by atoms with Gasteiger partial charge in [-0.15, -0.1) is 11.3 Å². The van der Waals surface area contributed by atoms with Crippen LogP contribution in [-0.4, -0.2) is 0 Å². The molecule has 0 spiro atoms. The first-order chi connectivity index (χ1) is 25.3. The number of anilines is 3. The second kappa shape index (κ2) is 12.2. The summed E-state index contributed by atoms with van der Waals surface area (Å²) in [5.74, 6) is 0. The minimum absolute atomic E-state index is 0.889. The average molecular weight is 670 g/mol. The van der Waals surface area contributed by atoms with Crippen LogP contribution in [0.5, 0.6) is 0 Å². The fraction of sp³-hybridized carbons (Fsp3) is 0. The topological polar surface area (TPSA) is 16.4 Å². The zero-order valence-corrected chi connectivity index (χ0v) is 28.5. The molecular formula is C48H31NOS. The minimum Gasteiger partial charge on any atom is -0.455 e. The first-order valence-corrected chi connectivity index (χ1v) is 18.1. The van der Waals surface area contributed by atoms with Crippen molar-refractivity contribution in [1.82, 2.24) is 0 Å². The fourth-order valence-electron chi connectivity index (χ4n) is 7.41. The van der Waals surface area contributed by atoms with Crippen molar-refractivity contribution in [2.45, 2.75) is 0 Å². The molecule has 0 radical (unpaired) electrons. The van der Waals surface area contributed by atoms with Crippen molar-refractivity contribution in [2.75, 3.05) is 4.90 Å². The predicted molar refractivity (Wildman–Crippen MR) is 218 cm³/mol. The van der Waals surface area contributed by atoms with Gasteiger partial charge in [-0.05, 0) is 70.8 Å². The molecule has 2 nitrogen and oxygen atoms in total. The van der Waals surface area contributed by atoms with E-state index in [0.29, 0.717) is 0 Å². The quantitative estimate of drug-likeness (QED) is 0.175. The van der Waals surface area contributed by atoms with E-state index >= 15 is 0 Å². The molecule has 3 heteroatoms. The van der Waals surface area contributed by atoms with Gasteiger partial charge in [0.2, 0.25) is 0 Å². The molecule has 2 aromatic heterocycles. The smallest absolute Gasteiger partial charge is 0.143 e. The van der Waals surface area contributed by atoms with Crippen LogP contribution in [0.4, 0.5) is 17.1 Å². The highest BCUT2D eigenvalue weighted by molar-refractivity contribution is 7.26. The summed E-state index contributed by atoms with van der Waals surface area (Å²) in [6.07, 6.45) is 0. The van der Waals surface area contributed by atoms with Crippen molar-refractivity contribution in [3.63, 3.8) is 0 Å². The molecule has 0 aliphatic rings. The summed E-state index contributed by atoms with van der Waals surface area (Å²) in [5.41, 5.74) is 12.1. The normalized spacial score (nSPS) is 11.5. The number of fused-ring (bicyclic) bond motifs is 6. The molecule has 0 N–H and O–H groups in total. The Bertz CT molecular complexity index is 2750. The number of hydrogen-bond acceptors (Lipinski definition) is 3. The van der Waals surface area contributed by atoms with E-state index in [1.165, 1.54) is 48.0 Å². The molecule has 0 saturated heterocycles. The number of furan rings is 1. The van der Waals surface area contributed by atoms with E-state index < -0.39 is 0 Å². The second-order valence-electron chi connectivity index (χ2n) is 12.9. The van der Waals surface area contributed by atoms with Crippen molar-refractivity contribution in [3.05, 3.63) is 188 Å². The van der Waals surface area contributed by atoms with Gasteiger partial charge >= 0.3 is 0 Å². The molecule has 0 aliphatic heterocycles. The highest BCUT2D eigenvalue weighted by Gasteiger charge is 2.21. The Hall–Kier alpha value is -6.42. The molecule has 0 fully saturated rings. The predicted octanol–water partition coefficient (Wildman–Crippen LogP) is 14.4. The molecule has 0 amide bonds. The Balaban J connectivity index is 1.22. The fourth-order valence-corrected chi connectivity index (χ4v) is 8.64. The maximum Gasteiger partial charge on any atom is 0.143 e. The highest BCUT2D eigenvalue weighted by atomic mass is 32.1. The molecule has 0 aliphatic carbocycles. The third kappa shape index (κ3) is 5.10. The number of thiophene rings is 1. The van der Waals surface area contributed by atoms with Crippen molar-refractivity contribution >= 4 is 70.5 Å². The molecule has 0 unspecified atom stereocenters. The van der Waals surface area contributed by atoms with Gasteiger partial charge in [-0.2, -0.15) is 0 Å². The number of rotatable bonds is 6. The van der Waals surface area contributed by atoms with Gasteiger partial charge in [0.05, 0.1) is 0 Å². The third-order valence-electron chi connectivity index (χ3n) is 9.88. The van der Waals surface area contributed by atoms with E-state index in [1.807, 2.05) is 17.4 Å². The lowest BCUT2D eigenvalue weighted by molar-refractivity contribution is 0.670. The molecule has 0 saturated carbocycles. The Morgan fingerprint density at radius 1 is 0.373 bits per heavy atom. The van der Waals surface area contributed by atoms with Gasteiger partial charge in [-0.1, -0.05) is 140 Å². The lowest BCUT2D eigenvalue weighted by Crippen LogP contribution is -2.10. The SMILES string of the molecule is c1ccc(-c2ccc(N(c3ccc(-c4ccccc4)cc3)c3cc(-c4cccc5c4sc4ccccc45)c4oc5ccccc5c4c3)cc2)cc1. The zero-order chi connectivity index (χ0) is 33.7. The first-order valence-electron chi connectivity index (χ1n) is 17.3. The van der Waals surface area contributed by atoms with Crippen LogP contribution in [0.2, 0.25) is 0 Å². The maximum absolute atomic E-state index is 6.72. The Morgan fingerprint density at radius 3 is 1.59 bits per heavy atom. The summed E-state index contributed by atoms with van der Waals surface area (Å²) in [6, 6.07) is 67.3. The molecule has 10 rings (SSSR count). The number of hydrogen-bond donors (Lipinski definition) is 0. The minimum atomic E-state index is 0.889. The Morgan fingerprint density at radius 2 is 0.922 bits per heavy atom. The molecule has 10 aromatic rings. The van der Waals surface area contributed by atoms with Crippen LogP contribution < -0.4 is 4.90 Å². The van der Waals surface area contributed by atoms with Gasteiger partial charge in [0.25, 0.3) is 0 Å². The van der Waals surface area contributed by atoms with Gasteiger partial charge in [-0.25, -0.2) is 0 Å². The van der Waals surface area contributed by atoms with E-state index in [4.69, 9.17) is 4.42 Å². The monoisotopic (exact) mass is 669 g/mol. The molecule has 0 bridgehead atoms. The van der Waals surface area contributed by atoms with Gasteiger partial charge in [0, 0.05) is 59.1 Å². The third-order valence-corrected chi connectivity index (χ3v) is 11.1. The van der Waals surface area contributed by atoms with E-state index in [-0.39, 0.29) is 0 Å². The van der Waals surface area contributed by atoms with Crippen molar-refractivity contribution in [1.29, 1.82) is 0 Å². The summed E-state index contributed by atoms with van der Waals surface area (Å²) in [4.78, 5) is 2.37. The van der Waals surface area contributed by atoms with E-state index in [2.05, 4.69) is 187 Å². The van der Waals surface area contributed by atoms with Gasteiger partial charge in [-0.3, -0.25) is 0 Å². The van der Waals surface area contributed by atoms with Crippen LogP contribution in [-0.2, 0) is 0 Å². The van der Waals surface area contributed by atoms with Crippen LogP contribution in [0.3, 0.4) is 0 Å². The average Bonchev–Trinajstić information content (AvgIpc) is 3.78. The lowest BCUT2D eigenvalue weighted by atomic mass is 9.98. The molecule has 0 atom stereocenters.